The Morgan fingerprint density at radius 3 is 2.88 bits per heavy atom. The number of nitrogens with zero attached hydrogens (tertiary/aromatic N) is 3. The van der Waals surface area contributed by atoms with E-state index in [1.165, 1.54) is 0 Å². The lowest BCUT2D eigenvalue weighted by Gasteiger charge is -2.48. The van der Waals surface area contributed by atoms with Crippen LogP contribution in [0.3, 0.4) is 0 Å². The zero-order chi connectivity index (χ0) is 18.0. The van der Waals surface area contributed by atoms with Gasteiger partial charge in [0.1, 0.15) is 5.69 Å². The van der Waals surface area contributed by atoms with Gasteiger partial charge in [0.05, 0.1) is 12.2 Å². The summed E-state index contributed by atoms with van der Waals surface area (Å²) in [6, 6.07) is 9.46. The molecule has 26 heavy (non-hydrogen) atoms. The van der Waals surface area contributed by atoms with Gasteiger partial charge in [-0.05, 0) is 43.5 Å². The van der Waals surface area contributed by atoms with E-state index in [0.717, 1.165) is 38.0 Å². The minimum absolute atomic E-state index is 0.00317. The molecule has 4 rings (SSSR count). The number of hydrogen-bond acceptors (Lipinski definition) is 3. The van der Waals surface area contributed by atoms with Crippen molar-refractivity contribution in [3.8, 4) is 0 Å². The molecule has 0 aromatic carbocycles. The van der Waals surface area contributed by atoms with E-state index in [4.69, 9.17) is 0 Å². The summed E-state index contributed by atoms with van der Waals surface area (Å²) in [5.41, 5.74) is 1.55. The number of piperidine rings is 2. The molecule has 136 valence electrons. The third-order valence-electron chi connectivity index (χ3n) is 5.60. The molecule has 2 saturated heterocycles. The van der Waals surface area contributed by atoms with Crippen molar-refractivity contribution in [1.29, 1.82) is 0 Å². The standard InChI is InChI=1S/C20H24N4O2/c25-18-7-9-20(15-24(18)13-16-5-1-2-10-21-16)8-4-12-23(14-20)19(26)17-6-3-11-22-17/h1-3,5-6,10-11,22H,4,7-9,12-15H2/t20-/m0/s1. The topological polar surface area (TPSA) is 69.3 Å². The van der Waals surface area contributed by atoms with Crippen LogP contribution in [-0.2, 0) is 11.3 Å². The highest BCUT2D eigenvalue weighted by atomic mass is 16.2. The lowest BCUT2D eigenvalue weighted by Crippen LogP contribution is -2.54. The molecule has 2 aromatic rings. The zero-order valence-corrected chi connectivity index (χ0v) is 14.9. The second-order valence-electron chi connectivity index (χ2n) is 7.48. The fraction of sp³-hybridized carbons (Fsp3) is 0.450. The molecule has 0 aliphatic carbocycles. The molecule has 1 N–H and O–H groups in total. The second kappa shape index (κ2) is 6.94. The van der Waals surface area contributed by atoms with Crippen LogP contribution in [0.15, 0.2) is 42.7 Å². The third kappa shape index (κ3) is 3.36. The normalized spacial score (nSPS) is 23.5. The lowest BCUT2D eigenvalue weighted by atomic mass is 9.73. The molecule has 6 nitrogen and oxygen atoms in total. The molecule has 2 amide bonds. The van der Waals surface area contributed by atoms with Crippen molar-refractivity contribution >= 4 is 11.8 Å². The molecule has 2 aliphatic heterocycles. The van der Waals surface area contributed by atoms with Crippen molar-refractivity contribution in [2.45, 2.75) is 32.2 Å². The van der Waals surface area contributed by atoms with Gasteiger partial charge in [0.2, 0.25) is 5.91 Å². The van der Waals surface area contributed by atoms with Gasteiger partial charge in [-0.15, -0.1) is 0 Å². The summed E-state index contributed by atoms with van der Waals surface area (Å²) in [5, 5.41) is 0. The van der Waals surface area contributed by atoms with Crippen LogP contribution in [0, 0.1) is 5.41 Å². The Bertz CT molecular complexity index is 774. The van der Waals surface area contributed by atoms with Gasteiger partial charge >= 0.3 is 0 Å². The average molecular weight is 352 g/mol. The van der Waals surface area contributed by atoms with Crippen LogP contribution in [0.1, 0.15) is 41.9 Å². The Morgan fingerprint density at radius 2 is 2.12 bits per heavy atom. The van der Waals surface area contributed by atoms with E-state index in [2.05, 4.69) is 9.97 Å². The molecule has 0 bridgehead atoms. The van der Waals surface area contributed by atoms with E-state index in [0.29, 0.717) is 25.2 Å². The number of aromatic amines is 1. The number of nitrogens with one attached hydrogen (secondary N) is 1. The van der Waals surface area contributed by atoms with Crippen LogP contribution in [0.2, 0.25) is 0 Å². The molecular formula is C20H24N4O2. The van der Waals surface area contributed by atoms with Crippen molar-refractivity contribution in [1.82, 2.24) is 19.8 Å². The van der Waals surface area contributed by atoms with E-state index in [-0.39, 0.29) is 17.2 Å². The van der Waals surface area contributed by atoms with Gasteiger partial charge in [-0.1, -0.05) is 6.07 Å². The maximum atomic E-state index is 12.7. The summed E-state index contributed by atoms with van der Waals surface area (Å²) in [4.78, 5) is 36.4. The van der Waals surface area contributed by atoms with Crippen molar-refractivity contribution in [2.75, 3.05) is 19.6 Å². The Balaban J connectivity index is 1.48. The average Bonchev–Trinajstić information content (AvgIpc) is 3.20. The van der Waals surface area contributed by atoms with Crippen molar-refractivity contribution in [2.24, 2.45) is 5.41 Å². The van der Waals surface area contributed by atoms with E-state index < -0.39 is 0 Å². The second-order valence-corrected chi connectivity index (χ2v) is 7.48. The number of carbonyl (C=O) groups is 2. The minimum atomic E-state index is 0.00317. The predicted octanol–water partition coefficient (Wildman–Crippen LogP) is 2.45. The Kier molecular flexibility index (Phi) is 4.49. The van der Waals surface area contributed by atoms with Gasteiger partial charge in [-0.2, -0.15) is 0 Å². The highest BCUT2D eigenvalue weighted by Crippen LogP contribution is 2.39. The van der Waals surface area contributed by atoms with Gasteiger partial charge in [-0.3, -0.25) is 14.6 Å². The first-order valence-electron chi connectivity index (χ1n) is 9.26. The Hall–Kier alpha value is -2.63. The highest BCUT2D eigenvalue weighted by Gasteiger charge is 2.42. The molecule has 0 saturated carbocycles. The number of carbonyl (C=O) groups excluding carboxylic acids is 2. The number of pyridine rings is 1. The van der Waals surface area contributed by atoms with E-state index in [9.17, 15) is 9.59 Å². The molecule has 0 unspecified atom stereocenters. The van der Waals surface area contributed by atoms with Crippen LogP contribution in [0.25, 0.3) is 0 Å². The fourth-order valence-corrected chi connectivity index (χ4v) is 4.28. The zero-order valence-electron chi connectivity index (χ0n) is 14.9. The summed E-state index contributed by atoms with van der Waals surface area (Å²) in [7, 11) is 0. The summed E-state index contributed by atoms with van der Waals surface area (Å²) in [5.74, 6) is 0.247. The maximum Gasteiger partial charge on any atom is 0.270 e. The van der Waals surface area contributed by atoms with E-state index in [1.807, 2.05) is 40.1 Å². The number of aromatic nitrogens is 2. The largest absolute Gasteiger partial charge is 0.357 e. The summed E-state index contributed by atoms with van der Waals surface area (Å²) in [6.07, 6.45) is 7.00. The fourth-order valence-electron chi connectivity index (χ4n) is 4.28. The molecule has 0 radical (unpaired) electrons. The predicted molar refractivity (Wildman–Crippen MR) is 97.3 cm³/mol. The molecule has 6 heteroatoms. The molecule has 2 aromatic heterocycles. The number of rotatable bonds is 3. The monoisotopic (exact) mass is 352 g/mol. The van der Waals surface area contributed by atoms with Crippen LogP contribution in [0.5, 0.6) is 0 Å². The first kappa shape index (κ1) is 16.8. The molecule has 1 atom stereocenters. The quantitative estimate of drug-likeness (QED) is 0.922. The van der Waals surface area contributed by atoms with Crippen molar-refractivity contribution in [3.63, 3.8) is 0 Å². The maximum absolute atomic E-state index is 12.7. The molecule has 1 spiro atoms. The van der Waals surface area contributed by atoms with Gasteiger partial charge in [0.15, 0.2) is 0 Å². The van der Waals surface area contributed by atoms with Gasteiger partial charge in [0.25, 0.3) is 5.91 Å². The van der Waals surface area contributed by atoms with Crippen LogP contribution >= 0.6 is 0 Å². The molecule has 2 fully saturated rings. The first-order chi connectivity index (χ1) is 12.7. The lowest BCUT2D eigenvalue weighted by molar-refractivity contribution is -0.139. The molecule has 2 aliphatic rings. The number of likely N-dealkylation sites (tertiary alicyclic amines) is 2. The first-order valence-corrected chi connectivity index (χ1v) is 9.26. The van der Waals surface area contributed by atoms with Crippen LogP contribution < -0.4 is 0 Å². The van der Waals surface area contributed by atoms with Gasteiger partial charge in [-0.25, -0.2) is 0 Å². The Labute approximate surface area is 153 Å². The summed E-state index contributed by atoms with van der Waals surface area (Å²) in [6.45, 7) is 2.76. The van der Waals surface area contributed by atoms with Gasteiger partial charge < -0.3 is 14.8 Å². The smallest absolute Gasteiger partial charge is 0.270 e. The number of amides is 2. The van der Waals surface area contributed by atoms with E-state index in [1.54, 1.807) is 12.4 Å². The van der Waals surface area contributed by atoms with Crippen molar-refractivity contribution < 1.29 is 9.59 Å². The van der Waals surface area contributed by atoms with Crippen LogP contribution in [-0.4, -0.2) is 51.2 Å². The van der Waals surface area contributed by atoms with Crippen molar-refractivity contribution in [3.05, 3.63) is 54.1 Å². The van der Waals surface area contributed by atoms with Gasteiger partial charge in [0, 0.05) is 43.9 Å². The Morgan fingerprint density at radius 1 is 1.19 bits per heavy atom. The number of hydrogen-bond donors (Lipinski definition) is 1. The summed E-state index contributed by atoms with van der Waals surface area (Å²) < 4.78 is 0. The highest BCUT2D eigenvalue weighted by molar-refractivity contribution is 5.92. The summed E-state index contributed by atoms with van der Waals surface area (Å²) >= 11 is 0. The van der Waals surface area contributed by atoms with E-state index >= 15 is 0 Å². The third-order valence-corrected chi connectivity index (χ3v) is 5.60. The molecular weight excluding hydrogens is 328 g/mol. The molecule has 4 heterocycles. The van der Waals surface area contributed by atoms with Crippen LogP contribution in [0.4, 0.5) is 0 Å². The number of H-pyrrole nitrogens is 1. The minimum Gasteiger partial charge on any atom is -0.357 e. The SMILES string of the molecule is O=C1CC[C@]2(CCCN(C(=O)c3ccc[nH]3)C2)CN1Cc1ccccn1.